The van der Waals surface area contributed by atoms with Crippen molar-refractivity contribution >= 4 is 11.9 Å². The molecule has 2 fully saturated rings. The number of aliphatic carboxylic acids is 1. The Morgan fingerprint density at radius 3 is 2.15 bits per heavy atom. The summed E-state index contributed by atoms with van der Waals surface area (Å²) in [6, 6.07) is 10.5. The van der Waals surface area contributed by atoms with Crippen LogP contribution < -0.4 is 0 Å². The van der Waals surface area contributed by atoms with Crippen LogP contribution in [0, 0.1) is 23.7 Å². The highest BCUT2D eigenvalue weighted by Gasteiger charge is 2.49. The highest BCUT2D eigenvalue weighted by molar-refractivity contribution is 5.86. The standard InChI is InChI=1S/C22H28N2O3/c25-21(19-17-6-8-18(9-7-17)20(19)22(26)27)24-14-12-23(13-15-24)11-10-16-4-2-1-3-5-16/h1-6,8,17-20H,7,9-15H2,(H,26,27)/t17-,18-,19+,20-/m0/s1. The molecule has 1 saturated carbocycles. The minimum Gasteiger partial charge on any atom is -0.481 e. The molecule has 1 amide bonds. The molecule has 0 radical (unpaired) electrons. The number of benzene rings is 1. The van der Waals surface area contributed by atoms with Gasteiger partial charge in [-0.05, 0) is 36.7 Å². The van der Waals surface area contributed by atoms with Crippen molar-refractivity contribution < 1.29 is 14.7 Å². The Bertz CT molecular complexity index is 710. The number of piperazine rings is 1. The number of carbonyl (C=O) groups is 2. The van der Waals surface area contributed by atoms with Crippen LogP contribution in [0.15, 0.2) is 42.5 Å². The number of rotatable bonds is 5. The van der Waals surface area contributed by atoms with E-state index in [1.165, 1.54) is 5.56 Å². The lowest BCUT2D eigenvalue weighted by Crippen LogP contribution is -2.55. The molecule has 1 aliphatic heterocycles. The number of nitrogens with zero attached hydrogens (tertiary/aromatic N) is 2. The molecular formula is C22H28N2O3. The quantitative estimate of drug-likeness (QED) is 0.810. The Hall–Kier alpha value is -2.14. The summed E-state index contributed by atoms with van der Waals surface area (Å²) in [5.74, 6) is -1.55. The normalized spacial score (nSPS) is 30.4. The number of amides is 1. The molecule has 1 aromatic carbocycles. The van der Waals surface area contributed by atoms with E-state index in [-0.39, 0.29) is 23.7 Å². The molecule has 5 rings (SSSR count). The van der Waals surface area contributed by atoms with Gasteiger partial charge >= 0.3 is 5.97 Å². The fraction of sp³-hybridized carbons (Fsp3) is 0.545. The second kappa shape index (κ2) is 7.85. The monoisotopic (exact) mass is 368 g/mol. The van der Waals surface area contributed by atoms with E-state index < -0.39 is 11.9 Å². The molecule has 5 nitrogen and oxygen atoms in total. The van der Waals surface area contributed by atoms with Crippen molar-refractivity contribution in [1.29, 1.82) is 0 Å². The predicted octanol–water partition coefficient (Wildman–Crippen LogP) is 2.29. The third kappa shape index (κ3) is 3.79. The minimum atomic E-state index is -0.811. The highest BCUT2D eigenvalue weighted by atomic mass is 16.4. The fourth-order valence-electron chi connectivity index (χ4n) is 5.00. The molecule has 3 aliphatic carbocycles. The molecule has 1 saturated heterocycles. The second-order valence-electron chi connectivity index (χ2n) is 8.08. The molecule has 4 atom stereocenters. The first-order chi connectivity index (χ1) is 13.1. The van der Waals surface area contributed by atoms with E-state index in [4.69, 9.17) is 0 Å². The van der Waals surface area contributed by atoms with E-state index in [0.29, 0.717) is 13.1 Å². The smallest absolute Gasteiger partial charge is 0.307 e. The minimum absolute atomic E-state index is 0.0219. The second-order valence-corrected chi connectivity index (χ2v) is 8.08. The maximum atomic E-state index is 13.2. The van der Waals surface area contributed by atoms with Crippen LogP contribution in [0.5, 0.6) is 0 Å². The molecule has 0 aromatic heterocycles. The van der Waals surface area contributed by atoms with Gasteiger partial charge < -0.3 is 10.0 Å². The van der Waals surface area contributed by atoms with Gasteiger partial charge in [-0.2, -0.15) is 0 Å². The maximum Gasteiger partial charge on any atom is 0.307 e. The Kier molecular flexibility index (Phi) is 5.30. The molecule has 1 heterocycles. The van der Waals surface area contributed by atoms with Crippen molar-refractivity contribution in [2.24, 2.45) is 23.7 Å². The van der Waals surface area contributed by atoms with Gasteiger partial charge in [0.1, 0.15) is 0 Å². The summed E-state index contributed by atoms with van der Waals surface area (Å²) in [5, 5.41) is 9.69. The zero-order chi connectivity index (χ0) is 18.8. The summed E-state index contributed by atoms with van der Waals surface area (Å²) in [6.07, 6.45) is 6.98. The van der Waals surface area contributed by atoms with Gasteiger partial charge in [0.2, 0.25) is 5.91 Å². The number of fused-ring (bicyclic) bond motifs is 2. The number of carbonyl (C=O) groups excluding carboxylic acids is 1. The molecule has 1 aromatic rings. The van der Waals surface area contributed by atoms with Crippen LogP contribution in [-0.2, 0) is 16.0 Å². The Morgan fingerprint density at radius 2 is 1.56 bits per heavy atom. The van der Waals surface area contributed by atoms with Crippen LogP contribution in [0.1, 0.15) is 18.4 Å². The van der Waals surface area contributed by atoms with E-state index in [0.717, 1.165) is 38.9 Å². The first-order valence-electron chi connectivity index (χ1n) is 10.1. The number of carboxylic acid groups (broad SMARTS) is 1. The van der Waals surface area contributed by atoms with Crippen molar-refractivity contribution in [3.63, 3.8) is 0 Å². The van der Waals surface area contributed by atoms with Crippen LogP contribution in [0.4, 0.5) is 0 Å². The first-order valence-corrected chi connectivity index (χ1v) is 10.1. The number of allylic oxidation sites excluding steroid dienone is 2. The number of hydrogen-bond acceptors (Lipinski definition) is 3. The lowest BCUT2D eigenvalue weighted by atomic mass is 9.62. The van der Waals surface area contributed by atoms with Gasteiger partial charge in [-0.15, -0.1) is 0 Å². The Labute approximate surface area is 160 Å². The van der Waals surface area contributed by atoms with Crippen molar-refractivity contribution in [1.82, 2.24) is 9.80 Å². The van der Waals surface area contributed by atoms with E-state index in [2.05, 4.69) is 35.2 Å². The Balaban J connectivity index is 1.33. The summed E-state index contributed by atoms with van der Waals surface area (Å²) < 4.78 is 0. The van der Waals surface area contributed by atoms with Crippen molar-refractivity contribution in [3.8, 4) is 0 Å². The van der Waals surface area contributed by atoms with Gasteiger partial charge in [-0.1, -0.05) is 42.5 Å². The molecule has 144 valence electrons. The van der Waals surface area contributed by atoms with Gasteiger partial charge in [0.15, 0.2) is 0 Å². The number of hydrogen-bond donors (Lipinski definition) is 1. The Morgan fingerprint density at radius 1 is 0.926 bits per heavy atom. The maximum absolute atomic E-state index is 13.2. The van der Waals surface area contributed by atoms with Gasteiger partial charge in [-0.25, -0.2) is 0 Å². The largest absolute Gasteiger partial charge is 0.481 e. The molecule has 0 spiro atoms. The third-order valence-corrected chi connectivity index (χ3v) is 6.56. The van der Waals surface area contributed by atoms with Crippen LogP contribution >= 0.6 is 0 Å². The van der Waals surface area contributed by atoms with E-state index in [9.17, 15) is 14.7 Å². The third-order valence-electron chi connectivity index (χ3n) is 6.56. The topological polar surface area (TPSA) is 60.9 Å². The summed E-state index contributed by atoms with van der Waals surface area (Å²) >= 11 is 0. The van der Waals surface area contributed by atoms with E-state index in [1.54, 1.807) is 0 Å². The summed E-state index contributed by atoms with van der Waals surface area (Å²) in [5.41, 5.74) is 1.34. The van der Waals surface area contributed by atoms with Crippen molar-refractivity contribution in [2.75, 3.05) is 32.7 Å². The van der Waals surface area contributed by atoms with Crippen LogP contribution in [0.2, 0.25) is 0 Å². The van der Waals surface area contributed by atoms with Gasteiger partial charge in [0, 0.05) is 32.7 Å². The van der Waals surface area contributed by atoms with Crippen LogP contribution in [0.25, 0.3) is 0 Å². The lowest BCUT2D eigenvalue weighted by molar-refractivity contribution is -0.157. The summed E-state index contributed by atoms with van der Waals surface area (Å²) in [7, 11) is 0. The zero-order valence-corrected chi connectivity index (χ0v) is 15.7. The average Bonchev–Trinajstić information content (AvgIpc) is 2.73. The number of carboxylic acids is 1. The van der Waals surface area contributed by atoms with Crippen LogP contribution in [0.3, 0.4) is 0 Å². The van der Waals surface area contributed by atoms with Gasteiger partial charge in [-0.3, -0.25) is 14.5 Å². The van der Waals surface area contributed by atoms with Crippen LogP contribution in [-0.4, -0.2) is 59.5 Å². The summed E-state index contributed by atoms with van der Waals surface area (Å²) in [6.45, 7) is 4.15. The van der Waals surface area contributed by atoms with Crippen molar-refractivity contribution in [2.45, 2.75) is 19.3 Å². The highest BCUT2D eigenvalue weighted by Crippen LogP contribution is 2.45. The molecule has 27 heavy (non-hydrogen) atoms. The lowest BCUT2D eigenvalue weighted by Gasteiger charge is -2.45. The van der Waals surface area contributed by atoms with E-state index in [1.807, 2.05) is 17.0 Å². The van der Waals surface area contributed by atoms with Crippen molar-refractivity contribution in [3.05, 3.63) is 48.0 Å². The summed E-state index contributed by atoms with van der Waals surface area (Å²) in [4.78, 5) is 29.3. The first kappa shape index (κ1) is 18.2. The van der Waals surface area contributed by atoms with Gasteiger partial charge in [0.25, 0.3) is 0 Å². The van der Waals surface area contributed by atoms with E-state index >= 15 is 0 Å². The molecule has 1 N–H and O–H groups in total. The predicted molar refractivity (Wildman–Crippen MR) is 103 cm³/mol. The molecule has 0 unspecified atom stereocenters. The molecule has 4 aliphatic rings. The fourth-order valence-corrected chi connectivity index (χ4v) is 5.00. The zero-order valence-electron chi connectivity index (χ0n) is 15.7. The SMILES string of the molecule is O=C(O)[C@@H]1[C@H](C(=O)N2CCN(CCc3ccccc3)CC2)[C@H]2C=C[C@H]1CC2. The average molecular weight is 368 g/mol. The molecular weight excluding hydrogens is 340 g/mol. The van der Waals surface area contributed by atoms with Gasteiger partial charge in [0.05, 0.1) is 11.8 Å². The molecule has 2 bridgehead atoms. The molecule has 5 heteroatoms.